The Morgan fingerprint density at radius 3 is 2.82 bits per heavy atom. The minimum Gasteiger partial charge on any atom is -0.346 e. The van der Waals surface area contributed by atoms with Crippen LogP contribution in [0, 0.1) is 10.1 Å². The standard InChI is InChI=1S/C13H15N3O6/c17-11-10(16(19)20)6-9(7-14-11)12(18)15-3-1-2-13(8-15)21-4-5-22-13/h6-7H,1-5,8H2,(H,14,17). The van der Waals surface area contributed by atoms with Gasteiger partial charge in [0.1, 0.15) is 0 Å². The van der Waals surface area contributed by atoms with E-state index in [2.05, 4.69) is 4.98 Å². The monoisotopic (exact) mass is 309 g/mol. The van der Waals surface area contributed by atoms with E-state index in [0.717, 1.165) is 12.5 Å². The lowest BCUT2D eigenvalue weighted by Crippen LogP contribution is -2.51. The van der Waals surface area contributed by atoms with E-state index in [1.807, 2.05) is 0 Å². The summed E-state index contributed by atoms with van der Waals surface area (Å²) in [5.74, 6) is -1.15. The quantitative estimate of drug-likeness (QED) is 0.619. The van der Waals surface area contributed by atoms with Crippen LogP contribution in [0.15, 0.2) is 17.1 Å². The Balaban J connectivity index is 1.83. The lowest BCUT2D eigenvalue weighted by Gasteiger charge is -2.38. The topological polar surface area (TPSA) is 115 Å². The summed E-state index contributed by atoms with van der Waals surface area (Å²) < 4.78 is 11.2. The lowest BCUT2D eigenvalue weighted by molar-refractivity contribution is -0.386. The highest BCUT2D eigenvalue weighted by atomic mass is 16.7. The molecule has 0 unspecified atom stereocenters. The zero-order chi connectivity index (χ0) is 15.7. The van der Waals surface area contributed by atoms with Gasteiger partial charge in [0, 0.05) is 25.2 Å². The van der Waals surface area contributed by atoms with Crippen LogP contribution >= 0.6 is 0 Å². The summed E-state index contributed by atoms with van der Waals surface area (Å²) in [5, 5.41) is 10.8. The Morgan fingerprint density at radius 1 is 1.41 bits per heavy atom. The smallest absolute Gasteiger partial charge is 0.334 e. The average molecular weight is 309 g/mol. The van der Waals surface area contributed by atoms with Crippen LogP contribution in [-0.4, -0.2) is 52.8 Å². The molecule has 0 bridgehead atoms. The van der Waals surface area contributed by atoms with Crippen LogP contribution in [0.1, 0.15) is 23.2 Å². The number of pyridine rings is 1. The summed E-state index contributed by atoms with van der Waals surface area (Å²) in [6.07, 6.45) is 2.62. The Bertz CT molecular complexity index is 664. The molecule has 0 atom stereocenters. The van der Waals surface area contributed by atoms with E-state index < -0.39 is 27.9 Å². The van der Waals surface area contributed by atoms with Crippen LogP contribution in [0.25, 0.3) is 0 Å². The molecule has 1 aromatic rings. The molecule has 3 rings (SSSR count). The fourth-order valence-corrected chi connectivity index (χ4v) is 2.81. The number of amides is 1. The Hall–Kier alpha value is -2.26. The average Bonchev–Trinajstić information content (AvgIpc) is 2.94. The number of carbonyl (C=O) groups is 1. The molecule has 9 nitrogen and oxygen atoms in total. The molecule has 1 aromatic heterocycles. The van der Waals surface area contributed by atoms with E-state index in [-0.39, 0.29) is 12.1 Å². The molecular formula is C13H15N3O6. The minimum atomic E-state index is -0.834. The second-order valence-electron chi connectivity index (χ2n) is 5.30. The van der Waals surface area contributed by atoms with Gasteiger partial charge in [-0.05, 0) is 6.42 Å². The molecule has 22 heavy (non-hydrogen) atoms. The van der Waals surface area contributed by atoms with E-state index in [0.29, 0.717) is 26.2 Å². The number of ether oxygens (including phenoxy) is 2. The molecule has 1 N–H and O–H groups in total. The van der Waals surface area contributed by atoms with Crippen LogP contribution in [0.3, 0.4) is 0 Å². The summed E-state index contributed by atoms with van der Waals surface area (Å²) in [6, 6.07) is 0.999. The van der Waals surface area contributed by atoms with E-state index in [4.69, 9.17) is 9.47 Å². The van der Waals surface area contributed by atoms with Crippen molar-refractivity contribution in [3.63, 3.8) is 0 Å². The number of aromatic nitrogens is 1. The first-order valence-electron chi connectivity index (χ1n) is 6.95. The molecule has 1 amide bonds. The fourth-order valence-electron chi connectivity index (χ4n) is 2.81. The van der Waals surface area contributed by atoms with Crippen LogP contribution in [0.2, 0.25) is 0 Å². The van der Waals surface area contributed by atoms with Crippen molar-refractivity contribution in [3.05, 3.63) is 38.3 Å². The highest BCUT2D eigenvalue weighted by Gasteiger charge is 2.42. The first-order valence-corrected chi connectivity index (χ1v) is 6.95. The number of likely N-dealkylation sites (tertiary alicyclic amines) is 1. The van der Waals surface area contributed by atoms with Crippen molar-refractivity contribution in [1.29, 1.82) is 0 Å². The van der Waals surface area contributed by atoms with Gasteiger partial charge in [-0.1, -0.05) is 0 Å². The largest absolute Gasteiger partial charge is 0.346 e. The summed E-state index contributed by atoms with van der Waals surface area (Å²) >= 11 is 0. The van der Waals surface area contributed by atoms with Crippen LogP contribution in [0.4, 0.5) is 5.69 Å². The van der Waals surface area contributed by atoms with Crippen molar-refractivity contribution >= 4 is 11.6 Å². The number of nitro groups is 1. The maximum Gasteiger partial charge on any atom is 0.334 e. The number of hydrogen-bond acceptors (Lipinski definition) is 6. The summed E-state index contributed by atoms with van der Waals surface area (Å²) in [4.78, 5) is 37.6. The summed E-state index contributed by atoms with van der Waals surface area (Å²) in [7, 11) is 0. The second-order valence-corrected chi connectivity index (χ2v) is 5.30. The number of aromatic amines is 1. The first kappa shape index (κ1) is 14.7. The maximum absolute atomic E-state index is 12.5. The number of nitrogens with one attached hydrogen (secondary N) is 1. The summed E-state index contributed by atoms with van der Waals surface area (Å²) in [6.45, 7) is 1.78. The van der Waals surface area contributed by atoms with E-state index in [1.165, 1.54) is 11.1 Å². The van der Waals surface area contributed by atoms with Crippen molar-refractivity contribution in [2.45, 2.75) is 18.6 Å². The molecule has 0 radical (unpaired) electrons. The van der Waals surface area contributed by atoms with E-state index >= 15 is 0 Å². The normalized spacial score (nSPS) is 20.3. The number of carbonyl (C=O) groups excluding carboxylic acids is 1. The van der Waals surface area contributed by atoms with Crippen LogP contribution in [0.5, 0.6) is 0 Å². The van der Waals surface area contributed by atoms with Gasteiger partial charge in [0.2, 0.25) is 0 Å². The fraction of sp³-hybridized carbons (Fsp3) is 0.538. The van der Waals surface area contributed by atoms with Gasteiger partial charge in [0.25, 0.3) is 5.91 Å². The van der Waals surface area contributed by atoms with Gasteiger partial charge in [-0.3, -0.25) is 19.7 Å². The molecule has 9 heteroatoms. The molecular weight excluding hydrogens is 294 g/mol. The first-order chi connectivity index (χ1) is 10.5. The SMILES string of the molecule is O=C(c1c[nH]c(=O)c([N+](=O)[O-])c1)N1CCCC2(C1)OCCO2. The van der Waals surface area contributed by atoms with E-state index in [9.17, 15) is 19.7 Å². The second kappa shape index (κ2) is 5.50. The predicted octanol–water partition coefficient (Wildman–Crippen LogP) is 0.262. The Labute approximate surface area is 125 Å². The predicted molar refractivity (Wildman–Crippen MR) is 73.5 cm³/mol. The zero-order valence-corrected chi connectivity index (χ0v) is 11.7. The molecule has 2 aliphatic rings. The van der Waals surface area contributed by atoms with Crippen LogP contribution < -0.4 is 5.56 Å². The molecule has 2 aliphatic heterocycles. The molecule has 3 heterocycles. The third-order valence-electron chi connectivity index (χ3n) is 3.85. The van der Waals surface area contributed by atoms with Gasteiger partial charge in [0.05, 0.1) is 30.2 Å². The number of rotatable bonds is 2. The highest BCUT2D eigenvalue weighted by Crippen LogP contribution is 2.30. The molecule has 1 spiro atoms. The number of piperidine rings is 1. The van der Waals surface area contributed by atoms with Gasteiger partial charge in [-0.2, -0.15) is 0 Å². The Kier molecular flexibility index (Phi) is 3.67. The number of hydrogen-bond donors (Lipinski definition) is 1. The van der Waals surface area contributed by atoms with E-state index in [1.54, 1.807) is 0 Å². The molecule has 2 saturated heterocycles. The van der Waals surface area contributed by atoms with Gasteiger partial charge in [-0.15, -0.1) is 0 Å². The van der Waals surface area contributed by atoms with Gasteiger partial charge < -0.3 is 19.4 Å². The van der Waals surface area contributed by atoms with Gasteiger partial charge >= 0.3 is 11.2 Å². The zero-order valence-electron chi connectivity index (χ0n) is 11.7. The maximum atomic E-state index is 12.5. The molecule has 118 valence electrons. The molecule has 2 fully saturated rings. The molecule has 0 saturated carbocycles. The lowest BCUT2D eigenvalue weighted by atomic mass is 10.0. The van der Waals surface area contributed by atoms with Gasteiger partial charge in [-0.25, -0.2) is 0 Å². The van der Waals surface area contributed by atoms with Crippen molar-refractivity contribution < 1.29 is 19.2 Å². The summed E-state index contributed by atoms with van der Waals surface area (Å²) in [5.41, 5.74) is -1.41. The highest BCUT2D eigenvalue weighted by molar-refractivity contribution is 5.94. The molecule has 0 aromatic carbocycles. The molecule has 0 aliphatic carbocycles. The van der Waals surface area contributed by atoms with Crippen LogP contribution in [-0.2, 0) is 9.47 Å². The van der Waals surface area contributed by atoms with Crippen molar-refractivity contribution in [2.24, 2.45) is 0 Å². The number of nitrogens with zero attached hydrogens (tertiary/aromatic N) is 2. The Morgan fingerprint density at radius 2 is 2.14 bits per heavy atom. The third-order valence-corrected chi connectivity index (χ3v) is 3.85. The van der Waals surface area contributed by atoms with Crippen molar-refractivity contribution in [3.8, 4) is 0 Å². The minimum absolute atomic E-state index is 0.0707. The van der Waals surface area contributed by atoms with Crippen molar-refractivity contribution in [2.75, 3.05) is 26.3 Å². The van der Waals surface area contributed by atoms with Gasteiger partial charge in [0.15, 0.2) is 5.79 Å². The number of H-pyrrole nitrogens is 1. The van der Waals surface area contributed by atoms with Crippen molar-refractivity contribution in [1.82, 2.24) is 9.88 Å². The third kappa shape index (κ3) is 2.60.